The maximum Gasteiger partial charge on any atom is 0.173 e. The minimum absolute atomic E-state index is 0.0608. The lowest BCUT2D eigenvalue weighted by Gasteiger charge is -2.34. The molecule has 3 rings (SSSR count). The van der Waals surface area contributed by atoms with E-state index in [1.807, 2.05) is 0 Å². The second-order valence-electron chi connectivity index (χ2n) is 6.32. The molecular formula is C18H20ClFO2. The summed E-state index contributed by atoms with van der Waals surface area (Å²) in [5, 5.41) is 0.358. The zero-order valence-electron chi connectivity index (χ0n) is 13.0. The number of hydrogen-bond acceptors (Lipinski definition) is 2. The largest absolute Gasteiger partial charge is 0.492 e. The van der Waals surface area contributed by atoms with Gasteiger partial charge >= 0.3 is 0 Å². The molecule has 118 valence electrons. The second-order valence-corrected chi connectivity index (χ2v) is 6.69. The van der Waals surface area contributed by atoms with E-state index in [1.54, 1.807) is 6.08 Å². The fourth-order valence-electron chi connectivity index (χ4n) is 3.87. The number of carbonyl (C=O) groups excluding carboxylic acids is 1. The van der Waals surface area contributed by atoms with E-state index in [2.05, 4.69) is 6.92 Å². The van der Waals surface area contributed by atoms with Crippen molar-refractivity contribution in [3.8, 4) is 5.75 Å². The van der Waals surface area contributed by atoms with Crippen LogP contribution < -0.4 is 4.74 Å². The summed E-state index contributed by atoms with van der Waals surface area (Å²) in [4.78, 5) is 11.9. The number of rotatable bonds is 4. The molecular weight excluding hydrogens is 303 g/mol. The molecule has 0 aliphatic heterocycles. The minimum atomic E-state index is -0.462. The summed E-state index contributed by atoms with van der Waals surface area (Å²) in [6, 6.07) is 1.48. The number of allylic oxidation sites excluding steroid dienone is 2. The van der Waals surface area contributed by atoms with E-state index in [4.69, 9.17) is 16.3 Å². The van der Waals surface area contributed by atoms with Gasteiger partial charge in [-0.1, -0.05) is 31.4 Å². The van der Waals surface area contributed by atoms with Crippen molar-refractivity contribution in [3.05, 3.63) is 34.1 Å². The highest BCUT2D eigenvalue weighted by Gasteiger charge is 2.45. The van der Waals surface area contributed by atoms with Crippen LogP contribution in [0.3, 0.4) is 0 Å². The van der Waals surface area contributed by atoms with Gasteiger partial charge in [-0.2, -0.15) is 0 Å². The smallest absolute Gasteiger partial charge is 0.173 e. The summed E-state index contributed by atoms with van der Waals surface area (Å²) in [6.45, 7) is 2.16. The molecule has 0 fully saturated rings. The van der Waals surface area contributed by atoms with Crippen LogP contribution in [-0.4, -0.2) is 12.9 Å². The van der Waals surface area contributed by atoms with Crippen molar-refractivity contribution in [1.82, 2.24) is 0 Å². The average Bonchev–Trinajstić information content (AvgIpc) is 2.81. The van der Waals surface area contributed by atoms with Crippen molar-refractivity contribution in [3.63, 3.8) is 0 Å². The molecule has 2 aliphatic carbocycles. The lowest BCUT2D eigenvalue weighted by Crippen LogP contribution is -2.25. The summed E-state index contributed by atoms with van der Waals surface area (Å²) in [6.07, 6.45) is 7.09. The molecule has 0 N–H and O–H groups in total. The van der Waals surface area contributed by atoms with Gasteiger partial charge in [-0.15, -0.1) is 0 Å². The molecule has 2 aliphatic rings. The van der Waals surface area contributed by atoms with Gasteiger partial charge in [0, 0.05) is 11.8 Å². The van der Waals surface area contributed by atoms with Crippen molar-refractivity contribution >= 4 is 23.0 Å². The second kappa shape index (κ2) is 5.69. The highest BCUT2D eigenvalue weighted by Crippen LogP contribution is 2.57. The molecule has 0 saturated carbocycles. The van der Waals surface area contributed by atoms with E-state index in [0.29, 0.717) is 11.4 Å². The third kappa shape index (κ3) is 2.26. The quantitative estimate of drug-likeness (QED) is 0.782. The van der Waals surface area contributed by atoms with Crippen molar-refractivity contribution in [1.29, 1.82) is 0 Å². The first-order chi connectivity index (χ1) is 10.5. The van der Waals surface area contributed by atoms with E-state index in [0.717, 1.165) is 48.8 Å². The Bertz CT molecular complexity index is 666. The van der Waals surface area contributed by atoms with Crippen molar-refractivity contribution in [2.45, 2.75) is 45.4 Å². The third-order valence-corrected chi connectivity index (χ3v) is 5.42. The maximum atomic E-state index is 14.2. The van der Waals surface area contributed by atoms with Crippen LogP contribution in [0.15, 0.2) is 12.1 Å². The third-order valence-electron chi connectivity index (χ3n) is 5.02. The van der Waals surface area contributed by atoms with Crippen molar-refractivity contribution in [2.75, 3.05) is 7.11 Å². The molecule has 0 amide bonds. The number of hydrogen-bond donors (Lipinski definition) is 0. The molecule has 0 saturated heterocycles. The van der Waals surface area contributed by atoms with Gasteiger partial charge < -0.3 is 4.74 Å². The van der Waals surface area contributed by atoms with E-state index in [9.17, 15) is 9.18 Å². The first-order valence-corrected chi connectivity index (χ1v) is 8.20. The summed E-state index contributed by atoms with van der Waals surface area (Å²) in [5.74, 6) is -0.226. The zero-order valence-corrected chi connectivity index (χ0v) is 13.7. The number of ether oxygens (including phenoxy) is 1. The number of benzene rings is 1. The molecule has 0 aromatic heterocycles. The molecule has 4 heteroatoms. The molecule has 0 spiro atoms. The summed E-state index contributed by atoms with van der Waals surface area (Å²) in [7, 11) is 1.42. The van der Waals surface area contributed by atoms with Crippen LogP contribution in [0.1, 0.15) is 50.2 Å². The number of unbranched alkanes of at least 4 members (excludes halogenated alkanes) is 1. The van der Waals surface area contributed by atoms with Gasteiger partial charge in [0.25, 0.3) is 0 Å². The molecule has 1 aromatic carbocycles. The minimum Gasteiger partial charge on any atom is -0.492 e. The van der Waals surface area contributed by atoms with E-state index >= 15 is 0 Å². The number of ketones is 1. The number of carbonyl (C=O) groups is 1. The monoisotopic (exact) mass is 322 g/mol. The summed E-state index contributed by atoms with van der Waals surface area (Å²) in [5.41, 5.74) is 2.65. The highest BCUT2D eigenvalue weighted by molar-refractivity contribution is 6.33. The van der Waals surface area contributed by atoms with Crippen LogP contribution in [0.5, 0.6) is 5.75 Å². The standard InChI is InChI=1S/C18H20ClFO2/c1-3-4-6-18-7-5-11(21)8-14(18)12-9-15(20)17(22-2)16(19)13(12)10-18/h8-9H,3-7,10H2,1-2H3. The van der Waals surface area contributed by atoms with E-state index in [-0.39, 0.29) is 16.9 Å². The predicted octanol–water partition coefficient (Wildman–Crippen LogP) is 4.97. The van der Waals surface area contributed by atoms with Crippen LogP contribution in [-0.2, 0) is 11.2 Å². The van der Waals surface area contributed by atoms with Crippen molar-refractivity contribution in [2.24, 2.45) is 5.41 Å². The molecule has 0 heterocycles. The van der Waals surface area contributed by atoms with E-state index < -0.39 is 5.82 Å². The van der Waals surface area contributed by atoms with Gasteiger partial charge in [0.2, 0.25) is 0 Å². The lowest BCUT2D eigenvalue weighted by atomic mass is 9.69. The summed E-state index contributed by atoms with van der Waals surface area (Å²) >= 11 is 6.38. The SMILES string of the molecule is CCCCC12CCC(=O)C=C1c1cc(F)c(OC)c(Cl)c1C2. The van der Waals surface area contributed by atoms with Crippen LogP contribution in [0, 0.1) is 11.2 Å². The van der Waals surface area contributed by atoms with Crippen LogP contribution in [0.25, 0.3) is 5.57 Å². The topological polar surface area (TPSA) is 26.3 Å². The fourth-order valence-corrected chi connectivity index (χ4v) is 4.21. The zero-order chi connectivity index (χ0) is 15.9. The van der Waals surface area contributed by atoms with Crippen molar-refractivity contribution < 1.29 is 13.9 Å². The van der Waals surface area contributed by atoms with Gasteiger partial charge in [-0.25, -0.2) is 4.39 Å². The normalized spacial score (nSPS) is 23.1. The Kier molecular flexibility index (Phi) is 4.02. The van der Waals surface area contributed by atoms with Gasteiger partial charge in [0.1, 0.15) is 0 Å². The number of fused-ring (bicyclic) bond motifs is 3. The first kappa shape index (κ1) is 15.5. The Morgan fingerprint density at radius 2 is 2.23 bits per heavy atom. The maximum absolute atomic E-state index is 14.2. The van der Waals surface area contributed by atoms with E-state index in [1.165, 1.54) is 13.2 Å². The fraction of sp³-hybridized carbons (Fsp3) is 0.500. The highest BCUT2D eigenvalue weighted by atomic mass is 35.5. The molecule has 1 unspecified atom stereocenters. The number of methoxy groups -OCH3 is 1. The molecule has 1 aromatic rings. The molecule has 1 atom stereocenters. The van der Waals surface area contributed by atoms with Gasteiger partial charge in [-0.05, 0) is 48.1 Å². The summed E-state index contributed by atoms with van der Waals surface area (Å²) < 4.78 is 19.3. The van der Waals surface area contributed by atoms with Crippen LogP contribution >= 0.6 is 11.6 Å². The molecule has 0 bridgehead atoms. The molecule has 22 heavy (non-hydrogen) atoms. The Labute approximate surface area is 135 Å². The first-order valence-electron chi connectivity index (χ1n) is 7.82. The lowest BCUT2D eigenvalue weighted by molar-refractivity contribution is -0.115. The van der Waals surface area contributed by atoms with Crippen LogP contribution in [0.4, 0.5) is 4.39 Å². The number of halogens is 2. The average molecular weight is 323 g/mol. The van der Waals surface area contributed by atoms with Crippen LogP contribution in [0.2, 0.25) is 5.02 Å². The Morgan fingerprint density at radius 1 is 1.45 bits per heavy atom. The van der Waals surface area contributed by atoms with Gasteiger partial charge in [0.05, 0.1) is 12.1 Å². The predicted molar refractivity (Wildman–Crippen MR) is 85.8 cm³/mol. The Hall–Kier alpha value is -1.35. The Balaban J connectivity index is 2.15. The van der Waals surface area contributed by atoms with Gasteiger partial charge in [0.15, 0.2) is 17.3 Å². The molecule has 2 nitrogen and oxygen atoms in total. The Morgan fingerprint density at radius 3 is 2.91 bits per heavy atom. The molecule has 0 radical (unpaired) electrons. The van der Waals surface area contributed by atoms with Gasteiger partial charge in [-0.3, -0.25) is 4.79 Å².